The van der Waals surface area contributed by atoms with Crippen molar-refractivity contribution < 1.29 is 8.42 Å². The zero-order chi connectivity index (χ0) is 15.5. The third-order valence-electron chi connectivity index (χ3n) is 2.95. The first-order valence-electron chi connectivity index (χ1n) is 6.77. The molecule has 0 amide bonds. The Labute approximate surface area is 134 Å². The van der Waals surface area contributed by atoms with Crippen molar-refractivity contribution in [2.24, 2.45) is 5.73 Å². The minimum atomic E-state index is -3.44. The average molecular weight is 345 g/mol. The molecule has 2 aromatic heterocycles. The lowest BCUT2D eigenvalue weighted by molar-refractivity contribution is 0.563. The molecule has 0 aliphatic rings. The molecule has 4 nitrogen and oxygen atoms in total. The van der Waals surface area contributed by atoms with Gasteiger partial charge >= 0.3 is 0 Å². The zero-order valence-electron chi connectivity index (χ0n) is 12.1. The summed E-state index contributed by atoms with van der Waals surface area (Å²) in [5, 5.41) is 0. The van der Waals surface area contributed by atoms with Crippen molar-refractivity contribution >= 4 is 32.7 Å². The van der Waals surface area contributed by atoms with Crippen LogP contribution < -0.4 is 10.5 Å². The van der Waals surface area contributed by atoms with Gasteiger partial charge in [-0.25, -0.2) is 13.1 Å². The molecule has 116 valence electrons. The summed E-state index contributed by atoms with van der Waals surface area (Å²) in [4.78, 5) is 3.43. The highest BCUT2D eigenvalue weighted by atomic mass is 32.2. The summed E-state index contributed by atoms with van der Waals surface area (Å²) in [6.45, 7) is 4.47. The molecule has 0 aromatic carbocycles. The van der Waals surface area contributed by atoms with Crippen molar-refractivity contribution in [3.05, 3.63) is 38.9 Å². The van der Waals surface area contributed by atoms with Gasteiger partial charge in [0.25, 0.3) is 0 Å². The van der Waals surface area contributed by atoms with E-state index in [9.17, 15) is 8.42 Å². The van der Waals surface area contributed by atoms with Gasteiger partial charge in [-0.15, -0.1) is 22.7 Å². The van der Waals surface area contributed by atoms with E-state index < -0.39 is 10.0 Å². The van der Waals surface area contributed by atoms with Crippen LogP contribution in [0.25, 0.3) is 0 Å². The van der Waals surface area contributed by atoms with Crippen molar-refractivity contribution in [3.8, 4) is 0 Å². The maximum Gasteiger partial charge on any atom is 0.250 e. The van der Waals surface area contributed by atoms with Crippen molar-refractivity contribution in [2.45, 2.75) is 36.9 Å². The topological polar surface area (TPSA) is 72.2 Å². The van der Waals surface area contributed by atoms with Crippen LogP contribution in [0.5, 0.6) is 0 Å². The first kappa shape index (κ1) is 16.6. The van der Waals surface area contributed by atoms with E-state index in [0.29, 0.717) is 23.6 Å². The number of rotatable bonds is 7. The lowest BCUT2D eigenvalue weighted by Gasteiger charge is -2.12. The molecule has 0 radical (unpaired) electrons. The van der Waals surface area contributed by atoms with Crippen molar-refractivity contribution in [1.82, 2.24) is 4.72 Å². The normalized spacial score (nSPS) is 13.5. The van der Waals surface area contributed by atoms with Crippen LogP contribution in [-0.2, 0) is 22.9 Å². The van der Waals surface area contributed by atoms with Gasteiger partial charge in [-0.05, 0) is 57.5 Å². The van der Waals surface area contributed by atoms with Gasteiger partial charge in [-0.2, -0.15) is 0 Å². The van der Waals surface area contributed by atoms with Gasteiger partial charge in [-0.3, -0.25) is 0 Å². The summed E-state index contributed by atoms with van der Waals surface area (Å²) in [5.41, 5.74) is 5.49. The molecular formula is C14H20N2O2S3. The second-order valence-electron chi connectivity index (χ2n) is 5.00. The van der Waals surface area contributed by atoms with E-state index in [1.54, 1.807) is 17.4 Å². The number of sulfonamides is 1. The van der Waals surface area contributed by atoms with Crippen LogP contribution >= 0.6 is 22.7 Å². The Balaban J connectivity index is 2.02. The SMILES string of the molecule is Cc1ccc(CC(C)NS(=O)(=O)c2ccc(CCN)s2)s1. The molecule has 0 bridgehead atoms. The van der Waals surface area contributed by atoms with E-state index in [0.717, 1.165) is 4.88 Å². The number of aryl methyl sites for hydroxylation is 1. The number of nitrogens with two attached hydrogens (primary N) is 1. The molecule has 3 N–H and O–H groups in total. The van der Waals surface area contributed by atoms with Crippen LogP contribution in [0.3, 0.4) is 0 Å². The van der Waals surface area contributed by atoms with Gasteiger partial charge in [0.15, 0.2) is 0 Å². The van der Waals surface area contributed by atoms with Crippen molar-refractivity contribution in [3.63, 3.8) is 0 Å². The summed E-state index contributed by atoms with van der Waals surface area (Å²) in [5.74, 6) is 0. The van der Waals surface area contributed by atoms with Gasteiger partial charge < -0.3 is 5.73 Å². The number of hydrogen-bond acceptors (Lipinski definition) is 5. The molecule has 2 heterocycles. The quantitative estimate of drug-likeness (QED) is 0.811. The molecular weight excluding hydrogens is 324 g/mol. The second kappa shape index (κ2) is 7.02. The van der Waals surface area contributed by atoms with Crippen LogP contribution in [0.15, 0.2) is 28.5 Å². The highest BCUT2D eigenvalue weighted by Crippen LogP contribution is 2.23. The molecule has 1 atom stereocenters. The molecule has 0 saturated heterocycles. The number of thiophene rings is 2. The van der Waals surface area contributed by atoms with Crippen molar-refractivity contribution in [2.75, 3.05) is 6.54 Å². The van der Waals surface area contributed by atoms with E-state index in [-0.39, 0.29) is 6.04 Å². The fourth-order valence-corrected chi connectivity index (χ4v) is 5.69. The predicted molar refractivity (Wildman–Crippen MR) is 89.6 cm³/mol. The van der Waals surface area contributed by atoms with E-state index in [2.05, 4.69) is 16.9 Å². The predicted octanol–water partition coefficient (Wildman–Crippen LogP) is 2.53. The summed E-state index contributed by atoms with van der Waals surface area (Å²) < 4.78 is 27.8. The van der Waals surface area contributed by atoms with Gasteiger partial charge in [0.05, 0.1) is 0 Å². The molecule has 2 aromatic rings. The number of hydrogen-bond donors (Lipinski definition) is 2. The third kappa shape index (κ3) is 4.62. The van der Waals surface area contributed by atoms with Gasteiger partial charge in [-0.1, -0.05) is 0 Å². The largest absolute Gasteiger partial charge is 0.330 e. The highest BCUT2D eigenvalue weighted by Gasteiger charge is 2.20. The maximum absolute atomic E-state index is 12.3. The molecule has 2 rings (SSSR count). The molecule has 0 fully saturated rings. The minimum Gasteiger partial charge on any atom is -0.330 e. The third-order valence-corrected chi connectivity index (χ3v) is 7.20. The maximum atomic E-state index is 12.3. The average Bonchev–Trinajstić information content (AvgIpc) is 2.99. The summed E-state index contributed by atoms with van der Waals surface area (Å²) in [6, 6.07) is 7.46. The Morgan fingerprint density at radius 1 is 1.19 bits per heavy atom. The lowest BCUT2D eigenvalue weighted by Crippen LogP contribution is -2.33. The monoisotopic (exact) mass is 344 g/mol. The fourth-order valence-electron chi connectivity index (χ4n) is 2.04. The Morgan fingerprint density at radius 2 is 1.90 bits per heavy atom. The summed E-state index contributed by atoms with van der Waals surface area (Å²) >= 11 is 2.99. The standard InChI is InChI=1S/C14H20N2O2S3/c1-10(9-13-4-3-11(2)19-13)16-21(17,18)14-6-5-12(20-14)7-8-15/h3-6,10,16H,7-9,15H2,1-2H3. The molecule has 7 heteroatoms. The minimum absolute atomic E-state index is 0.131. The first-order chi connectivity index (χ1) is 9.90. The van der Waals surface area contributed by atoms with E-state index >= 15 is 0 Å². The van der Waals surface area contributed by atoms with Gasteiger partial charge in [0.2, 0.25) is 10.0 Å². The first-order valence-corrected chi connectivity index (χ1v) is 9.89. The molecule has 21 heavy (non-hydrogen) atoms. The van der Waals surface area contributed by atoms with Gasteiger partial charge in [0.1, 0.15) is 4.21 Å². The molecule has 0 aliphatic carbocycles. The Hall–Kier alpha value is -0.730. The Bertz CT molecular complexity index is 689. The number of nitrogens with one attached hydrogen (secondary N) is 1. The summed E-state index contributed by atoms with van der Waals surface area (Å²) in [6.07, 6.45) is 1.42. The lowest BCUT2D eigenvalue weighted by atomic mass is 10.2. The fraction of sp³-hybridized carbons (Fsp3) is 0.429. The summed E-state index contributed by atoms with van der Waals surface area (Å²) in [7, 11) is -3.44. The van der Waals surface area contributed by atoms with Crippen molar-refractivity contribution in [1.29, 1.82) is 0 Å². The second-order valence-corrected chi connectivity index (χ2v) is 9.48. The molecule has 0 aliphatic heterocycles. The van der Waals surface area contributed by atoms with Crippen LogP contribution in [-0.4, -0.2) is 21.0 Å². The Kier molecular flexibility index (Phi) is 5.56. The molecule has 1 unspecified atom stereocenters. The van der Waals surface area contributed by atoms with Crippen LogP contribution in [0.2, 0.25) is 0 Å². The molecule has 0 spiro atoms. The van der Waals surface area contributed by atoms with E-state index in [1.807, 2.05) is 19.9 Å². The van der Waals surface area contributed by atoms with E-state index in [4.69, 9.17) is 5.73 Å². The van der Waals surface area contributed by atoms with Gasteiger partial charge in [0, 0.05) is 20.7 Å². The highest BCUT2D eigenvalue weighted by molar-refractivity contribution is 7.91. The smallest absolute Gasteiger partial charge is 0.250 e. The Morgan fingerprint density at radius 3 is 2.52 bits per heavy atom. The molecule has 0 saturated carbocycles. The van der Waals surface area contributed by atoms with Crippen LogP contribution in [0.1, 0.15) is 21.6 Å². The van der Waals surface area contributed by atoms with Crippen LogP contribution in [0.4, 0.5) is 0 Å². The van der Waals surface area contributed by atoms with E-state index in [1.165, 1.54) is 21.1 Å². The van der Waals surface area contributed by atoms with Crippen LogP contribution in [0, 0.1) is 6.92 Å². The zero-order valence-corrected chi connectivity index (χ0v) is 14.6.